The number of nitro groups is 1. The van der Waals surface area contributed by atoms with Crippen molar-refractivity contribution in [2.75, 3.05) is 10.5 Å². The third-order valence-electron chi connectivity index (χ3n) is 5.62. The number of hydrogen-bond acceptors (Lipinski definition) is 5. The number of aryl methyl sites for hydroxylation is 1. The molecule has 9 nitrogen and oxygen atoms in total. The molecule has 0 bridgehead atoms. The number of hydrogen-bond donors (Lipinski definition) is 2. The first-order valence-electron chi connectivity index (χ1n) is 10.8. The van der Waals surface area contributed by atoms with Crippen molar-refractivity contribution in [2.24, 2.45) is 0 Å². The molecule has 0 amide bonds. The van der Waals surface area contributed by atoms with Crippen LogP contribution in [-0.2, 0) is 34.2 Å². The summed E-state index contributed by atoms with van der Waals surface area (Å²) in [6, 6.07) is 20.6. The number of benzene rings is 3. The average Bonchev–Trinajstić information content (AvgIpc) is 3.16. The minimum Gasteiger partial charge on any atom is -0.480 e. The van der Waals surface area contributed by atoms with Gasteiger partial charge in [-0.05, 0) is 41.7 Å². The summed E-state index contributed by atoms with van der Waals surface area (Å²) in [6.45, 7) is -0.225. The number of aliphatic carboxylic acids is 1. The number of nitro benzene ring substituents is 1. The van der Waals surface area contributed by atoms with E-state index in [0.29, 0.717) is 12.0 Å². The van der Waals surface area contributed by atoms with E-state index < -0.39 is 20.9 Å². The second-order valence-electron chi connectivity index (χ2n) is 8.12. The molecule has 0 radical (unpaired) electrons. The van der Waals surface area contributed by atoms with Crippen LogP contribution in [-0.4, -0.2) is 34.7 Å². The summed E-state index contributed by atoms with van der Waals surface area (Å²) in [5.74, 6) is -1.23. The van der Waals surface area contributed by atoms with E-state index in [1.54, 1.807) is 22.9 Å². The largest absolute Gasteiger partial charge is 0.480 e. The van der Waals surface area contributed by atoms with Gasteiger partial charge in [0.15, 0.2) is 0 Å². The number of rotatable bonds is 10. The Morgan fingerprint density at radius 1 is 1.00 bits per heavy atom. The zero-order valence-electron chi connectivity index (χ0n) is 18.6. The molecule has 2 N–H and O–H groups in total. The number of carboxylic acids is 1. The zero-order chi connectivity index (χ0) is 25.0. The highest BCUT2D eigenvalue weighted by atomic mass is 32.2. The SMILES string of the molecule is O=C(O)Cn1cc(CCS(=O)(=O)Nc2ccc([N+](=O)[O-])cc2Cc2ccccc2)c2ccccc21. The summed E-state index contributed by atoms with van der Waals surface area (Å²) in [4.78, 5) is 22.0. The van der Waals surface area contributed by atoms with Gasteiger partial charge in [-0.25, -0.2) is 8.42 Å². The van der Waals surface area contributed by atoms with Gasteiger partial charge in [-0.3, -0.25) is 19.6 Å². The quantitative estimate of drug-likeness (QED) is 0.251. The molecule has 0 aliphatic carbocycles. The lowest BCUT2D eigenvalue weighted by molar-refractivity contribution is -0.384. The first kappa shape index (κ1) is 24.0. The number of carboxylic acid groups (broad SMARTS) is 1. The molecule has 0 aliphatic rings. The number of aromatic nitrogens is 1. The normalized spacial score (nSPS) is 11.4. The summed E-state index contributed by atoms with van der Waals surface area (Å²) in [7, 11) is -3.81. The monoisotopic (exact) mass is 493 g/mol. The van der Waals surface area contributed by atoms with Crippen molar-refractivity contribution in [1.29, 1.82) is 0 Å². The minimum atomic E-state index is -3.81. The number of sulfonamides is 1. The molecular weight excluding hydrogens is 470 g/mol. The van der Waals surface area contributed by atoms with E-state index in [4.69, 9.17) is 0 Å². The van der Waals surface area contributed by atoms with Crippen LogP contribution in [0.5, 0.6) is 0 Å². The standard InChI is InChI=1S/C25H23N3O6S/c29-25(30)17-27-16-19(22-8-4-5-9-24(22)27)12-13-35(33,34)26-23-11-10-21(28(31)32)15-20(23)14-18-6-2-1-3-7-18/h1-11,15-16,26H,12-14,17H2,(H,29,30). The van der Waals surface area contributed by atoms with Crippen molar-refractivity contribution in [3.05, 3.63) is 106 Å². The smallest absolute Gasteiger partial charge is 0.323 e. The van der Waals surface area contributed by atoms with Crippen molar-refractivity contribution >= 4 is 38.3 Å². The number of nitrogens with zero attached hydrogens (tertiary/aromatic N) is 2. The maximum absolute atomic E-state index is 13.0. The van der Waals surface area contributed by atoms with Gasteiger partial charge in [0, 0.05) is 29.2 Å². The molecule has 180 valence electrons. The van der Waals surface area contributed by atoms with Gasteiger partial charge in [-0.2, -0.15) is 0 Å². The predicted molar refractivity (Wildman–Crippen MR) is 133 cm³/mol. The molecular formula is C25H23N3O6S. The van der Waals surface area contributed by atoms with Crippen molar-refractivity contribution in [2.45, 2.75) is 19.4 Å². The van der Waals surface area contributed by atoms with Gasteiger partial charge in [0.1, 0.15) is 6.54 Å². The molecule has 10 heteroatoms. The molecule has 0 fully saturated rings. The molecule has 1 aromatic heterocycles. The fourth-order valence-corrected chi connectivity index (χ4v) is 5.14. The number of nitrogens with one attached hydrogen (secondary N) is 1. The maximum atomic E-state index is 13.0. The number of non-ortho nitro benzene ring substituents is 1. The summed E-state index contributed by atoms with van der Waals surface area (Å²) < 4.78 is 30.1. The van der Waals surface area contributed by atoms with Crippen molar-refractivity contribution < 1.29 is 23.2 Å². The third-order valence-corrected chi connectivity index (χ3v) is 6.89. The Kier molecular flexibility index (Phi) is 6.83. The van der Waals surface area contributed by atoms with Crippen LogP contribution >= 0.6 is 0 Å². The first-order chi connectivity index (χ1) is 16.7. The van der Waals surface area contributed by atoms with E-state index >= 15 is 0 Å². The van der Waals surface area contributed by atoms with Gasteiger partial charge in [-0.15, -0.1) is 0 Å². The number of fused-ring (bicyclic) bond motifs is 1. The minimum absolute atomic E-state index is 0.120. The van der Waals surface area contributed by atoms with Gasteiger partial charge in [0.25, 0.3) is 5.69 Å². The van der Waals surface area contributed by atoms with Crippen molar-refractivity contribution in [1.82, 2.24) is 4.57 Å². The molecule has 0 spiro atoms. The third kappa shape index (κ3) is 5.85. The van der Waals surface area contributed by atoms with Crippen LogP contribution in [0.1, 0.15) is 16.7 Å². The molecule has 3 aromatic carbocycles. The Labute approximate surface area is 201 Å². The van der Waals surface area contributed by atoms with Gasteiger partial charge >= 0.3 is 5.97 Å². The van der Waals surface area contributed by atoms with E-state index in [1.807, 2.05) is 42.5 Å². The van der Waals surface area contributed by atoms with E-state index in [-0.39, 0.29) is 30.1 Å². The summed E-state index contributed by atoms with van der Waals surface area (Å²) in [5.41, 5.74) is 2.99. The maximum Gasteiger partial charge on any atom is 0.323 e. The van der Waals surface area contributed by atoms with Crippen LogP contribution in [0.3, 0.4) is 0 Å². The number of carbonyl (C=O) groups is 1. The Hall–Kier alpha value is -4.18. The van der Waals surface area contributed by atoms with E-state index in [9.17, 15) is 28.4 Å². The Balaban J connectivity index is 1.57. The van der Waals surface area contributed by atoms with Crippen LogP contribution in [0.15, 0.2) is 79.0 Å². The lowest BCUT2D eigenvalue weighted by Crippen LogP contribution is -2.19. The predicted octanol–water partition coefficient (Wildman–Crippen LogP) is 4.21. The van der Waals surface area contributed by atoms with Gasteiger partial charge in [0.05, 0.1) is 16.4 Å². The van der Waals surface area contributed by atoms with Gasteiger partial charge < -0.3 is 9.67 Å². The van der Waals surface area contributed by atoms with Crippen LogP contribution in [0.25, 0.3) is 10.9 Å². The molecule has 0 unspecified atom stereocenters. The highest BCUT2D eigenvalue weighted by Gasteiger charge is 2.18. The molecule has 4 aromatic rings. The highest BCUT2D eigenvalue weighted by Crippen LogP contribution is 2.27. The Morgan fingerprint density at radius 3 is 2.43 bits per heavy atom. The fraction of sp³-hybridized carbons (Fsp3) is 0.160. The fourth-order valence-electron chi connectivity index (χ4n) is 4.02. The van der Waals surface area contributed by atoms with Gasteiger partial charge in [-0.1, -0.05) is 48.5 Å². The van der Waals surface area contributed by atoms with Crippen molar-refractivity contribution in [3.8, 4) is 0 Å². The van der Waals surface area contributed by atoms with E-state index in [0.717, 1.165) is 22.0 Å². The lowest BCUT2D eigenvalue weighted by atomic mass is 10.0. The number of para-hydroxylation sites is 1. The summed E-state index contributed by atoms with van der Waals surface area (Å²) >= 11 is 0. The second kappa shape index (κ2) is 9.98. The van der Waals surface area contributed by atoms with E-state index in [2.05, 4.69) is 4.72 Å². The molecule has 35 heavy (non-hydrogen) atoms. The average molecular weight is 494 g/mol. The number of anilines is 1. The highest BCUT2D eigenvalue weighted by molar-refractivity contribution is 7.92. The van der Waals surface area contributed by atoms with Crippen LogP contribution in [0.2, 0.25) is 0 Å². The van der Waals surface area contributed by atoms with Crippen molar-refractivity contribution in [3.63, 3.8) is 0 Å². The van der Waals surface area contributed by atoms with Crippen LogP contribution in [0.4, 0.5) is 11.4 Å². The molecule has 0 atom stereocenters. The Bertz CT molecular complexity index is 1500. The second-order valence-corrected chi connectivity index (χ2v) is 9.97. The molecule has 0 saturated carbocycles. The molecule has 4 rings (SSSR count). The van der Waals surface area contributed by atoms with E-state index in [1.165, 1.54) is 18.2 Å². The molecule has 1 heterocycles. The summed E-state index contributed by atoms with van der Waals surface area (Å²) in [6.07, 6.45) is 2.16. The van der Waals surface area contributed by atoms with Crippen LogP contribution < -0.4 is 4.72 Å². The zero-order valence-corrected chi connectivity index (χ0v) is 19.4. The molecule has 0 aliphatic heterocycles. The molecule has 0 saturated heterocycles. The Morgan fingerprint density at radius 2 is 1.71 bits per heavy atom. The topological polar surface area (TPSA) is 132 Å². The summed E-state index contributed by atoms with van der Waals surface area (Å²) in [5, 5.41) is 21.2. The van der Waals surface area contributed by atoms with Crippen LogP contribution in [0, 0.1) is 10.1 Å². The first-order valence-corrected chi connectivity index (χ1v) is 12.5. The lowest BCUT2D eigenvalue weighted by Gasteiger charge is -2.13. The van der Waals surface area contributed by atoms with Gasteiger partial charge in [0.2, 0.25) is 10.0 Å².